The molecule has 0 aromatic carbocycles. The number of hydrogen-bond donors (Lipinski definition) is 2. The molecule has 4 fully saturated rings. The summed E-state index contributed by atoms with van der Waals surface area (Å²) in [6.45, 7) is 0. The summed E-state index contributed by atoms with van der Waals surface area (Å²) in [5.74, 6) is 4.07. The standard InChI is InChI=1S/C11H16O2/c12-8-2-4-5-3-9(13)11-7(5)1-6(4)10(8)11/h4-13H,1-3H2/t4-,5+,6-,7-,8-,9-,10+,11+/m0/s1. The highest BCUT2D eigenvalue weighted by Crippen LogP contribution is 2.70. The molecule has 0 aromatic heterocycles. The Kier molecular flexibility index (Phi) is 1.09. The van der Waals surface area contributed by atoms with Gasteiger partial charge in [-0.1, -0.05) is 0 Å². The lowest BCUT2D eigenvalue weighted by atomic mass is 9.79. The summed E-state index contributed by atoms with van der Waals surface area (Å²) in [4.78, 5) is 0. The number of fused-ring (bicyclic) bond motifs is 2. The van der Waals surface area contributed by atoms with Crippen molar-refractivity contribution in [1.29, 1.82) is 0 Å². The fourth-order valence-corrected chi connectivity index (χ4v) is 5.41. The topological polar surface area (TPSA) is 40.5 Å². The molecular formula is C11H16O2. The summed E-state index contributed by atoms with van der Waals surface area (Å²) >= 11 is 0. The zero-order valence-electron chi connectivity index (χ0n) is 7.63. The molecule has 4 aliphatic rings. The lowest BCUT2D eigenvalue weighted by molar-refractivity contribution is 0.0365. The molecule has 4 saturated carbocycles. The van der Waals surface area contributed by atoms with E-state index in [9.17, 15) is 10.2 Å². The Morgan fingerprint density at radius 3 is 1.54 bits per heavy atom. The molecule has 13 heavy (non-hydrogen) atoms. The van der Waals surface area contributed by atoms with Gasteiger partial charge in [0.2, 0.25) is 0 Å². The van der Waals surface area contributed by atoms with Gasteiger partial charge >= 0.3 is 0 Å². The van der Waals surface area contributed by atoms with Gasteiger partial charge in [0.1, 0.15) is 0 Å². The highest BCUT2D eigenvalue weighted by Gasteiger charge is 2.68. The van der Waals surface area contributed by atoms with E-state index in [-0.39, 0.29) is 12.2 Å². The van der Waals surface area contributed by atoms with Gasteiger partial charge in [0.05, 0.1) is 12.2 Å². The van der Waals surface area contributed by atoms with Crippen LogP contribution >= 0.6 is 0 Å². The van der Waals surface area contributed by atoms with Crippen molar-refractivity contribution in [1.82, 2.24) is 0 Å². The van der Waals surface area contributed by atoms with Gasteiger partial charge in [0.25, 0.3) is 0 Å². The maximum absolute atomic E-state index is 9.93. The Bertz CT molecular complexity index is 235. The van der Waals surface area contributed by atoms with Gasteiger partial charge in [-0.3, -0.25) is 0 Å². The minimum Gasteiger partial charge on any atom is -0.393 e. The molecule has 0 unspecified atom stereocenters. The van der Waals surface area contributed by atoms with Gasteiger partial charge < -0.3 is 10.2 Å². The van der Waals surface area contributed by atoms with Crippen molar-refractivity contribution >= 4 is 0 Å². The average molecular weight is 180 g/mol. The highest BCUT2D eigenvalue weighted by atomic mass is 16.3. The van der Waals surface area contributed by atoms with Crippen molar-refractivity contribution in [2.75, 3.05) is 0 Å². The Balaban J connectivity index is 1.86. The highest BCUT2D eigenvalue weighted by molar-refractivity contribution is 5.17. The van der Waals surface area contributed by atoms with Crippen LogP contribution in [-0.2, 0) is 0 Å². The van der Waals surface area contributed by atoms with Crippen LogP contribution in [0.25, 0.3) is 0 Å². The Labute approximate surface area is 78.0 Å². The first-order valence-electron chi connectivity index (χ1n) is 5.63. The molecule has 0 heterocycles. The van der Waals surface area contributed by atoms with E-state index in [1.807, 2.05) is 0 Å². The molecule has 4 rings (SSSR count). The summed E-state index contributed by atoms with van der Waals surface area (Å²) in [5.41, 5.74) is 0. The molecule has 2 nitrogen and oxygen atoms in total. The van der Waals surface area contributed by atoms with Crippen LogP contribution < -0.4 is 0 Å². The Morgan fingerprint density at radius 1 is 0.615 bits per heavy atom. The zero-order chi connectivity index (χ0) is 8.74. The third kappa shape index (κ3) is 0.608. The van der Waals surface area contributed by atoms with E-state index in [4.69, 9.17) is 0 Å². The molecule has 0 aliphatic heterocycles. The first-order chi connectivity index (χ1) is 6.27. The van der Waals surface area contributed by atoms with Gasteiger partial charge in [-0.15, -0.1) is 0 Å². The summed E-state index contributed by atoms with van der Waals surface area (Å²) in [7, 11) is 0. The molecule has 2 N–H and O–H groups in total. The number of rotatable bonds is 0. The van der Waals surface area contributed by atoms with Crippen LogP contribution in [0.3, 0.4) is 0 Å². The molecule has 8 atom stereocenters. The summed E-state index contributed by atoms with van der Waals surface area (Å²) < 4.78 is 0. The monoisotopic (exact) mass is 180 g/mol. The molecule has 0 radical (unpaired) electrons. The van der Waals surface area contributed by atoms with Crippen LogP contribution in [0, 0.1) is 35.5 Å². The van der Waals surface area contributed by atoms with Gasteiger partial charge in [-0.25, -0.2) is 0 Å². The molecule has 0 aromatic rings. The molecule has 2 heteroatoms. The van der Waals surface area contributed by atoms with Crippen LogP contribution in [0.5, 0.6) is 0 Å². The summed E-state index contributed by atoms with van der Waals surface area (Å²) in [5, 5.41) is 19.9. The van der Waals surface area contributed by atoms with Gasteiger partial charge in [0, 0.05) is 0 Å². The van der Waals surface area contributed by atoms with E-state index < -0.39 is 0 Å². The molecule has 4 aliphatic carbocycles. The SMILES string of the molecule is O[C@H]1C[C@@H]2[C@@H]3C[C@H](O)[C@H]4[C@H]3C[C@@H]2[C@@H]41. The Hall–Kier alpha value is -0.0800. The first kappa shape index (κ1) is 7.24. The van der Waals surface area contributed by atoms with Gasteiger partial charge in [0.15, 0.2) is 0 Å². The van der Waals surface area contributed by atoms with E-state index in [0.717, 1.165) is 36.5 Å². The lowest BCUT2D eigenvalue weighted by Gasteiger charge is -2.27. The minimum absolute atomic E-state index is 0.0788. The summed E-state index contributed by atoms with van der Waals surface area (Å²) in [6.07, 6.45) is 3.24. The van der Waals surface area contributed by atoms with E-state index in [0.29, 0.717) is 11.8 Å². The normalized spacial score (nSPS) is 72.5. The van der Waals surface area contributed by atoms with Crippen molar-refractivity contribution in [3.63, 3.8) is 0 Å². The van der Waals surface area contributed by atoms with Crippen molar-refractivity contribution in [3.05, 3.63) is 0 Å². The van der Waals surface area contributed by atoms with Gasteiger partial charge in [-0.2, -0.15) is 0 Å². The van der Waals surface area contributed by atoms with E-state index in [2.05, 4.69) is 0 Å². The van der Waals surface area contributed by atoms with E-state index >= 15 is 0 Å². The zero-order valence-corrected chi connectivity index (χ0v) is 7.63. The maximum Gasteiger partial charge on any atom is 0.0577 e. The minimum atomic E-state index is -0.0788. The molecule has 0 saturated heterocycles. The molecular weight excluding hydrogens is 164 g/mol. The molecule has 2 bridgehead atoms. The molecule has 72 valence electrons. The molecule has 0 spiro atoms. The number of hydrogen-bond acceptors (Lipinski definition) is 2. The molecule has 0 amide bonds. The quantitative estimate of drug-likeness (QED) is 0.574. The van der Waals surface area contributed by atoms with Crippen LogP contribution in [0.4, 0.5) is 0 Å². The fraction of sp³-hybridized carbons (Fsp3) is 1.00. The summed E-state index contributed by atoms with van der Waals surface area (Å²) in [6, 6.07) is 0. The van der Waals surface area contributed by atoms with Crippen molar-refractivity contribution in [2.45, 2.75) is 31.5 Å². The lowest BCUT2D eigenvalue weighted by Crippen LogP contribution is -2.30. The van der Waals surface area contributed by atoms with Crippen molar-refractivity contribution in [3.8, 4) is 0 Å². The predicted octanol–water partition coefficient (Wildman–Crippen LogP) is 0.630. The van der Waals surface area contributed by atoms with Crippen LogP contribution in [0.2, 0.25) is 0 Å². The van der Waals surface area contributed by atoms with E-state index in [1.165, 1.54) is 6.42 Å². The van der Waals surface area contributed by atoms with Crippen LogP contribution in [0.1, 0.15) is 19.3 Å². The van der Waals surface area contributed by atoms with Crippen LogP contribution in [-0.4, -0.2) is 22.4 Å². The van der Waals surface area contributed by atoms with Crippen molar-refractivity contribution < 1.29 is 10.2 Å². The Morgan fingerprint density at radius 2 is 1.08 bits per heavy atom. The number of aliphatic hydroxyl groups is 2. The second kappa shape index (κ2) is 1.96. The second-order valence-corrected chi connectivity index (χ2v) is 5.65. The third-order valence-electron chi connectivity index (χ3n) is 5.54. The smallest absolute Gasteiger partial charge is 0.0577 e. The van der Waals surface area contributed by atoms with Crippen LogP contribution in [0.15, 0.2) is 0 Å². The largest absolute Gasteiger partial charge is 0.393 e. The van der Waals surface area contributed by atoms with Crippen molar-refractivity contribution in [2.24, 2.45) is 35.5 Å². The average Bonchev–Trinajstić information content (AvgIpc) is 2.67. The second-order valence-electron chi connectivity index (χ2n) is 5.65. The number of aliphatic hydroxyl groups excluding tert-OH is 2. The maximum atomic E-state index is 9.93. The predicted molar refractivity (Wildman–Crippen MR) is 46.8 cm³/mol. The van der Waals surface area contributed by atoms with Gasteiger partial charge in [-0.05, 0) is 54.8 Å². The van der Waals surface area contributed by atoms with E-state index in [1.54, 1.807) is 0 Å². The third-order valence-corrected chi connectivity index (χ3v) is 5.54. The first-order valence-corrected chi connectivity index (χ1v) is 5.63. The fourth-order valence-electron chi connectivity index (χ4n) is 5.41.